The van der Waals surface area contributed by atoms with E-state index in [9.17, 15) is 9.59 Å². The molecule has 0 aromatic heterocycles. The summed E-state index contributed by atoms with van der Waals surface area (Å²) >= 11 is 5.89. The highest BCUT2D eigenvalue weighted by Crippen LogP contribution is 2.33. The maximum Gasteiger partial charge on any atom is 0.265 e. The van der Waals surface area contributed by atoms with Crippen molar-refractivity contribution in [1.29, 1.82) is 0 Å². The maximum atomic E-state index is 12.9. The molecule has 29 heavy (non-hydrogen) atoms. The Kier molecular flexibility index (Phi) is 5.87. The topological polar surface area (TPSA) is 71.1 Å². The van der Waals surface area contributed by atoms with Gasteiger partial charge in [-0.25, -0.2) is 0 Å². The predicted octanol–water partition coefficient (Wildman–Crippen LogP) is 2.40. The minimum atomic E-state index is -0.661. The van der Waals surface area contributed by atoms with Gasteiger partial charge in [-0.05, 0) is 36.4 Å². The number of nitrogens with zero attached hydrogens (tertiary/aromatic N) is 2. The number of rotatable bonds is 4. The van der Waals surface area contributed by atoms with Crippen LogP contribution in [0.25, 0.3) is 0 Å². The van der Waals surface area contributed by atoms with Crippen LogP contribution < -0.4 is 15.0 Å². The summed E-state index contributed by atoms with van der Waals surface area (Å²) in [7, 11) is 0. The number of para-hydroxylation sites is 2. The second-order valence-corrected chi connectivity index (χ2v) is 7.38. The molecule has 2 heterocycles. The Labute approximate surface area is 174 Å². The molecule has 2 aliphatic heterocycles. The van der Waals surface area contributed by atoms with Crippen LogP contribution in [-0.4, -0.2) is 62.2 Å². The molecule has 2 amide bonds. The molecule has 1 saturated heterocycles. The largest absolute Gasteiger partial charge is 0.477 e. The number of anilines is 2. The van der Waals surface area contributed by atoms with Gasteiger partial charge in [-0.2, -0.15) is 0 Å². The molecule has 4 rings (SSSR count). The van der Waals surface area contributed by atoms with Crippen LogP contribution in [-0.2, 0) is 14.3 Å². The Morgan fingerprint density at radius 3 is 2.55 bits per heavy atom. The zero-order chi connectivity index (χ0) is 20.2. The molecular formula is C21H22ClN3O4. The molecule has 1 unspecified atom stereocenters. The Morgan fingerprint density at radius 2 is 1.79 bits per heavy atom. The lowest BCUT2D eigenvalue weighted by Gasteiger charge is -2.38. The summed E-state index contributed by atoms with van der Waals surface area (Å²) in [6, 6.07) is 14.4. The lowest BCUT2D eigenvalue weighted by molar-refractivity contribution is -0.142. The second kappa shape index (κ2) is 8.71. The van der Waals surface area contributed by atoms with Crippen LogP contribution in [0.1, 0.15) is 0 Å². The summed E-state index contributed by atoms with van der Waals surface area (Å²) in [6.45, 7) is 2.58. The minimum absolute atomic E-state index is 0.0779. The predicted molar refractivity (Wildman–Crippen MR) is 111 cm³/mol. The van der Waals surface area contributed by atoms with Crippen LogP contribution in [0, 0.1) is 0 Å². The molecular weight excluding hydrogens is 394 g/mol. The summed E-state index contributed by atoms with van der Waals surface area (Å²) in [5, 5.41) is 3.47. The van der Waals surface area contributed by atoms with Crippen molar-refractivity contribution < 1.29 is 19.1 Å². The van der Waals surface area contributed by atoms with E-state index in [1.165, 1.54) is 0 Å². The molecule has 0 spiro atoms. The fraction of sp³-hybridized carbons (Fsp3) is 0.333. The van der Waals surface area contributed by atoms with E-state index in [4.69, 9.17) is 21.1 Å². The third-order valence-corrected chi connectivity index (χ3v) is 5.17. The Hall–Kier alpha value is -2.77. The van der Waals surface area contributed by atoms with Crippen molar-refractivity contribution in [2.24, 2.45) is 0 Å². The molecule has 2 aromatic rings. The molecule has 7 nitrogen and oxygen atoms in total. The van der Waals surface area contributed by atoms with Gasteiger partial charge in [0.15, 0.2) is 6.10 Å². The summed E-state index contributed by atoms with van der Waals surface area (Å²) in [5.74, 6) is 0.345. The quantitative estimate of drug-likeness (QED) is 0.830. The number of carbonyl (C=O) groups is 2. The van der Waals surface area contributed by atoms with Crippen molar-refractivity contribution in [3.8, 4) is 5.75 Å². The van der Waals surface area contributed by atoms with Gasteiger partial charge in [-0.15, -0.1) is 0 Å². The van der Waals surface area contributed by atoms with Crippen LogP contribution in [0.2, 0.25) is 5.02 Å². The van der Waals surface area contributed by atoms with Gasteiger partial charge in [0, 0.05) is 23.8 Å². The molecule has 2 aliphatic rings. The summed E-state index contributed by atoms with van der Waals surface area (Å²) in [5.41, 5.74) is 1.46. The van der Waals surface area contributed by atoms with E-state index in [0.717, 1.165) is 5.69 Å². The first-order valence-electron chi connectivity index (χ1n) is 9.53. The number of morpholine rings is 1. The smallest absolute Gasteiger partial charge is 0.265 e. The summed E-state index contributed by atoms with van der Waals surface area (Å²) in [4.78, 5) is 29.2. The molecule has 2 aromatic carbocycles. The second-order valence-electron chi connectivity index (χ2n) is 6.95. The number of hydrogen-bond donors (Lipinski definition) is 1. The van der Waals surface area contributed by atoms with Gasteiger partial charge >= 0.3 is 0 Å². The van der Waals surface area contributed by atoms with E-state index in [1.54, 1.807) is 29.2 Å². The van der Waals surface area contributed by atoms with E-state index in [-0.39, 0.29) is 18.4 Å². The number of nitrogens with one attached hydrogen (secondary N) is 1. The van der Waals surface area contributed by atoms with E-state index in [0.29, 0.717) is 49.3 Å². The fourth-order valence-electron chi connectivity index (χ4n) is 3.48. The van der Waals surface area contributed by atoms with Gasteiger partial charge in [0.05, 0.1) is 32.0 Å². The molecule has 0 aliphatic carbocycles. The first-order valence-corrected chi connectivity index (χ1v) is 9.90. The van der Waals surface area contributed by atoms with Gasteiger partial charge in [0.25, 0.3) is 5.91 Å². The standard InChI is InChI=1S/C21H22ClN3O4/c22-15-5-7-16(8-6-15)23-20(26)14-25-13-19(21(27)24-9-11-28-12-10-24)29-18-4-2-1-3-17(18)25/h1-8,19H,9-14H2,(H,23,26). The molecule has 0 saturated carbocycles. The number of hydrogen-bond acceptors (Lipinski definition) is 5. The van der Waals surface area contributed by atoms with Crippen LogP contribution in [0.3, 0.4) is 0 Å². The monoisotopic (exact) mass is 415 g/mol. The van der Waals surface area contributed by atoms with E-state index >= 15 is 0 Å². The number of fused-ring (bicyclic) bond motifs is 1. The third-order valence-electron chi connectivity index (χ3n) is 4.92. The number of ether oxygens (including phenoxy) is 2. The average Bonchev–Trinajstić information content (AvgIpc) is 2.75. The van der Waals surface area contributed by atoms with Crippen LogP contribution in [0.4, 0.5) is 11.4 Å². The van der Waals surface area contributed by atoms with Gasteiger partial charge in [0.1, 0.15) is 5.75 Å². The molecule has 0 radical (unpaired) electrons. The Bertz CT molecular complexity index is 884. The lowest BCUT2D eigenvalue weighted by Crippen LogP contribution is -2.53. The first kappa shape index (κ1) is 19.5. The first-order chi connectivity index (χ1) is 14.1. The molecule has 8 heteroatoms. The van der Waals surface area contributed by atoms with Crippen molar-refractivity contribution in [1.82, 2.24) is 4.90 Å². The lowest BCUT2D eigenvalue weighted by atomic mass is 10.1. The van der Waals surface area contributed by atoms with Crippen molar-refractivity contribution in [2.75, 3.05) is 49.6 Å². The minimum Gasteiger partial charge on any atom is -0.477 e. The van der Waals surface area contributed by atoms with Gasteiger partial charge in [0.2, 0.25) is 5.91 Å². The van der Waals surface area contributed by atoms with Crippen LogP contribution in [0.15, 0.2) is 48.5 Å². The SMILES string of the molecule is O=C(CN1CC(C(=O)N2CCOCC2)Oc2ccccc21)Nc1ccc(Cl)cc1. The molecule has 1 atom stereocenters. The number of benzene rings is 2. The zero-order valence-electron chi connectivity index (χ0n) is 15.8. The highest BCUT2D eigenvalue weighted by Gasteiger charge is 2.34. The third kappa shape index (κ3) is 4.63. The van der Waals surface area contributed by atoms with E-state index in [1.807, 2.05) is 29.2 Å². The molecule has 0 bridgehead atoms. The number of amides is 2. The number of halogens is 1. The van der Waals surface area contributed by atoms with Crippen LogP contribution in [0.5, 0.6) is 5.75 Å². The summed E-state index contributed by atoms with van der Waals surface area (Å²) in [6.07, 6.45) is -0.661. The Morgan fingerprint density at radius 1 is 1.07 bits per heavy atom. The van der Waals surface area contributed by atoms with Gasteiger partial charge in [-0.1, -0.05) is 23.7 Å². The normalized spacial score (nSPS) is 18.6. The average molecular weight is 416 g/mol. The van der Waals surface area contributed by atoms with Crippen molar-refractivity contribution in [3.63, 3.8) is 0 Å². The Balaban J connectivity index is 1.48. The van der Waals surface area contributed by atoms with E-state index in [2.05, 4.69) is 5.32 Å². The van der Waals surface area contributed by atoms with Gasteiger partial charge < -0.3 is 24.6 Å². The molecule has 1 fully saturated rings. The zero-order valence-corrected chi connectivity index (χ0v) is 16.6. The highest BCUT2D eigenvalue weighted by molar-refractivity contribution is 6.30. The van der Waals surface area contributed by atoms with Crippen molar-refractivity contribution in [3.05, 3.63) is 53.6 Å². The van der Waals surface area contributed by atoms with Crippen molar-refractivity contribution in [2.45, 2.75) is 6.10 Å². The van der Waals surface area contributed by atoms with Gasteiger partial charge in [-0.3, -0.25) is 9.59 Å². The van der Waals surface area contributed by atoms with E-state index < -0.39 is 6.10 Å². The number of carbonyl (C=O) groups excluding carboxylic acids is 2. The maximum absolute atomic E-state index is 12.9. The highest BCUT2D eigenvalue weighted by atomic mass is 35.5. The van der Waals surface area contributed by atoms with Crippen molar-refractivity contribution >= 4 is 34.8 Å². The molecule has 152 valence electrons. The van der Waals surface area contributed by atoms with Crippen LogP contribution >= 0.6 is 11.6 Å². The summed E-state index contributed by atoms with van der Waals surface area (Å²) < 4.78 is 11.3. The fourth-order valence-corrected chi connectivity index (χ4v) is 3.61. The molecule has 1 N–H and O–H groups in total.